The second-order valence-corrected chi connectivity index (χ2v) is 7.95. The van der Waals surface area contributed by atoms with E-state index in [-0.39, 0.29) is 24.4 Å². The van der Waals surface area contributed by atoms with Gasteiger partial charge in [-0.2, -0.15) is 13.5 Å². The highest BCUT2D eigenvalue weighted by atomic mass is 79.9. The van der Waals surface area contributed by atoms with Crippen LogP contribution >= 0.6 is 15.9 Å². The lowest BCUT2D eigenvalue weighted by Crippen LogP contribution is -2.19. The molecule has 0 saturated carbocycles. The van der Waals surface area contributed by atoms with Crippen molar-refractivity contribution in [3.63, 3.8) is 0 Å². The molecule has 0 saturated heterocycles. The summed E-state index contributed by atoms with van der Waals surface area (Å²) in [7, 11) is -2.00. The third-order valence-electron chi connectivity index (χ3n) is 3.39. The minimum atomic E-state index is -3.57. The van der Waals surface area contributed by atoms with Crippen LogP contribution in [0.5, 0.6) is 0 Å². The maximum Gasteiger partial charge on any atom is 0.274 e. The van der Waals surface area contributed by atoms with Crippen LogP contribution in [0.4, 0.5) is 10.1 Å². The molecule has 0 radical (unpaired) electrons. The Morgan fingerprint density at radius 3 is 2.76 bits per heavy atom. The number of amides is 1. The number of hydrogen-bond donors (Lipinski definition) is 1. The van der Waals surface area contributed by atoms with Crippen molar-refractivity contribution in [2.45, 2.75) is 13.3 Å². The number of carbonyl (C=O) groups is 1. The predicted molar refractivity (Wildman–Crippen MR) is 94.5 cm³/mol. The average molecular weight is 434 g/mol. The fourth-order valence-electron chi connectivity index (χ4n) is 2.20. The zero-order valence-corrected chi connectivity index (χ0v) is 16.2. The molecule has 0 atom stereocenters. The molecule has 1 heterocycles. The molecule has 0 aliphatic carbocycles. The van der Waals surface area contributed by atoms with E-state index in [9.17, 15) is 17.6 Å². The molecular weight excluding hydrogens is 417 g/mol. The van der Waals surface area contributed by atoms with Crippen molar-refractivity contribution in [2.24, 2.45) is 7.05 Å². The molecule has 25 heavy (non-hydrogen) atoms. The molecule has 0 bridgehead atoms. The first-order valence-electron chi connectivity index (χ1n) is 7.20. The minimum Gasteiger partial charge on any atom is -0.318 e. The van der Waals surface area contributed by atoms with Gasteiger partial charge in [-0.25, -0.2) is 4.39 Å². The van der Waals surface area contributed by atoms with Crippen molar-refractivity contribution in [3.8, 4) is 0 Å². The third kappa shape index (κ3) is 5.10. The summed E-state index contributed by atoms with van der Waals surface area (Å²) in [6, 6.07) is 2.79. The molecule has 0 aliphatic rings. The van der Waals surface area contributed by atoms with Gasteiger partial charge in [-0.05, 0) is 24.6 Å². The van der Waals surface area contributed by atoms with Crippen LogP contribution in [0.2, 0.25) is 0 Å². The summed E-state index contributed by atoms with van der Waals surface area (Å²) in [6.07, 6.45) is 2.57. The molecule has 2 aromatic rings. The van der Waals surface area contributed by atoms with Crippen LogP contribution in [-0.2, 0) is 27.8 Å². The quantitative estimate of drug-likeness (QED) is 0.706. The molecule has 1 N–H and O–H groups in total. The van der Waals surface area contributed by atoms with Crippen molar-refractivity contribution < 1.29 is 21.8 Å². The molecule has 1 amide bonds. The first-order valence-corrected chi connectivity index (χ1v) is 9.81. The van der Waals surface area contributed by atoms with Gasteiger partial charge in [-0.3, -0.25) is 13.7 Å². The first kappa shape index (κ1) is 19.5. The molecule has 0 spiro atoms. The lowest BCUT2D eigenvalue weighted by molar-refractivity contribution is 0.101. The van der Waals surface area contributed by atoms with Crippen LogP contribution in [0, 0.1) is 12.7 Å². The molecule has 2 rings (SSSR count). The summed E-state index contributed by atoms with van der Waals surface area (Å²) >= 11 is 3.22. The zero-order chi connectivity index (χ0) is 18.8. The maximum atomic E-state index is 14.0. The van der Waals surface area contributed by atoms with Crippen LogP contribution in [0.15, 0.2) is 22.8 Å². The van der Waals surface area contributed by atoms with Gasteiger partial charge in [0.05, 0.1) is 24.7 Å². The summed E-state index contributed by atoms with van der Waals surface area (Å²) in [6.45, 7) is 1.66. The largest absolute Gasteiger partial charge is 0.318 e. The highest BCUT2D eigenvalue weighted by Crippen LogP contribution is 2.24. The Balaban J connectivity index is 2.19. The van der Waals surface area contributed by atoms with Gasteiger partial charge < -0.3 is 5.32 Å². The Bertz CT molecular complexity index is 912. The first-order chi connectivity index (χ1) is 11.6. The predicted octanol–water partition coefficient (Wildman–Crippen LogP) is 2.40. The van der Waals surface area contributed by atoms with Gasteiger partial charge in [0.25, 0.3) is 16.0 Å². The summed E-state index contributed by atoms with van der Waals surface area (Å²) < 4.78 is 42.7. The fourth-order valence-corrected chi connectivity index (χ4v) is 2.90. The third-order valence-corrected chi connectivity index (χ3v) is 4.84. The number of nitrogens with zero attached hydrogens (tertiary/aromatic N) is 2. The normalized spacial score (nSPS) is 11.6. The number of rotatable bonds is 6. The Labute approximate surface area is 153 Å². The van der Waals surface area contributed by atoms with Crippen molar-refractivity contribution in [1.29, 1.82) is 0 Å². The Morgan fingerprint density at radius 2 is 2.12 bits per heavy atom. The van der Waals surface area contributed by atoms with Crippen molar-refractivity contribution in [1.82, 2.24) is 9.78 Å². The molecule has 0 aliphatic heterocycles. The van der Waals surface area contributed by atoms with E-state index < -0.39 is 21.8 Å². The number of aryl methyl sites for hydroxylation is 2. The monoisotopic (exact) mass is 433 g/mol. The Morgan fingerprint density at radius 1 is 1.44 bits per heavy atom. The van der Waals surface area contributed by atoms with E-state index in [0.717, 1.165) is 11.8 Å². The minimum absolute atomic E-state index is 0.0465. The van der Waals surface area contributed by atoms with Crippen LogP contribution in [-0.4, -0.2) is 37.0 Å². The van der Waals surface area contributed by atoms with Gasteiger partial charge in [-0.1, -0.05) is 15.9 Å². The molecule has 0 fully saturated rings. The van der Waals surface area contributed by atoms with Crippen LogP contribution < -0.4 is 5.32 Å². The maximum absolute atomic E-state index is 14.0. The number of carbonyl (C=O) groups excluding carboxylic acids is 1. The van der Waals surface area contributed by atoms with Gasteiger partial charge in [0, 0.05) is 23.5 Å². The summed E-state index contributed by atoms with van der Waals surface area (Å²) in [5.74, 6) is -1.12. The number of hydrogen-bond acceptors (Lipinski definition) is 5. The molecule has 10 heteroatoms. The van der Waals surface area contributed by atoms with Crippen molar-refractivity contribution in [3.05, 3.63) is 45.4 Å². The molecule has 0 unspecified atom stereocenters. The summed E-state index contributed by atoms with van der Waals surface area (Å²) in [5, 5.41) is 6.51. The Hall–Kier alpha value is -1.78. The second-order valence-electron chi connectivity index (χ2n) is 5.45. The van der Waals surface area contributed by atoms with E-state index in [4.69, 9.17) is 0 Å². The SMILES string of the molecule is Cc1cc(NC(=O)c2c(CCOS(C)(=O)=O)cnn2C)c(F)cc1Br. The fraction of sp³-hybridized carbons (Fsp3) is 0.333. The van der Waals surface area contributed by atoms with Gasteiger partial charge in [0.15, 0.2) is 0 Å². The summed E-state index contributed by atoms with van der Waals surface area (Å²) in [5.41, 5.74) is 1.52. The molecular formula is C15H17BrFN3O4S. The molecule has 136 valence electrons. The van der Waals surface area contributed by atoms with E-state index in [2.05, 4.69) is 30.5 Å². The van der Waals surface area contributed by atoms with E-state index in [1.165, 1.54) is 23.0 Å². The van der Waals surface area contributed by atoms with E-state index >= 15 is 0 Å². The topological polar surface area (TPSA) is 90.3 Å². The molecule has 1 aromatic heterocycles. The van der Waals surface area contributed by atoms with E-state index in [1.54, 1.807) is 14.0 Å². The number of anilines is 1. The van der Waals surface area contributed by atoms with Crippen molar-refractivity contribution >= 4 is 37.6 Å². The molecule has 7 nitrogen and oxygen atoms in total. The Kier molecular flexibility index (Phi) is 5.96. The number of halogens is 2. The standard InChI is InChI=1S/C15H17BrFN3O4S/c1-9-6-13(12(17)7-11(9)16)19-15(21)14-10(8-18-20(14)2)4-5-24-25(3,22)23/h6-8H,4-5H2,1-3H3,(H,19,21). The van der Waals surface area contributed by atoms with Gasteiger partial charge in [0.2, 0.25) is 0 Å². The lowest BCUT2D eigenvalue weighted by Gasteiger charge is -2.10. The number of aromatic nitrogens is 2. The highest BCUT2D eigenvalue weighted by molar-refractivity contribution is 9.10. The van der Waals surface area contributed by atoms with E-state index in [0.29, 0.717) is 10.0 Å². The van der Waals surface area contributed by atoms with Crippen molar-refractivity contribution in [2.75, 3.05) is 18.2 Å². The second kappa shape index (κ2) is 7.63. The average Bonchev–Trinajstić information content (AvgIpc) is 2.84. The van der Waals surface area contributed by atoms with Gasteiger partial charge in [0.1, 0.15) is 11.5 Å². The van der Waals surface area contributed by atoms with Crippen LogP contribution in [0.25, 0.3) is 0 Å². The van der Waals surface area contributed by atoms with Crippen LogP contribution in [0.3, 0.4) is 0 Å². The van der Waals surface area contributed by atoms with Crippen LogP contribution in [0.1, 0.15) is 21.6 Å². The lowest BCUT2D eigenvalue weighted by atomic mass is 10.1. The number of nitrogens with one attached hydrogen (secondary N) is 1. The smallest absolute Gasteiger partial charge is 0.274 e. The number of benzene rings is 1. The van der Waals surface area contributed by atoms with Gasteiger partial charge in [-0.15, -0.1) is 0 Å². The highest BCUT2D eigenvalue weighted by Gasteiger charge is 2.19. The molecule has 1 aromatic carbocycles. The van der Waals surface area contributed by atoms with Gasteiger partial charge >= 0.3 is 0 Å². The zero-order valence-electron chi connectivity index (χ0n) is 13.8. The summed E-state index contributed by atoms with van der Waals surface area (Å²) in [4.78, 5) is 12.5. The van der Waals surface area contributed by atoms with E-state index in [1.807, 2.05) is 0 Å².